The van der Waals surface area contributed by atoms with Crippen molar-refractivity contribution < 1.29 is 37.3 Å². The summed E-state index contributed by atoms with van der Waals surface area (Å²) in [6.07, 6.45) is 2.53. The SMILES string of the molecule is CC(C)n1cc(C(=O)Nc2ccc(Oc3ccnc4cc(OC5COC5)c5c(c34)OCCO5)c(F)c2)c(=O)n(-c2ccc(F)cc2)c1=O. The summed E-state index contributed by atoms with van der Waals surface area (Å²) in [5.41, 5.74) is -1.42. The van der Waals surface area contributed by atoms with Crippen LogP contribution < -0.4 is 35.5 Å². The molecule has 2 aliphatic heterocycles. The number of rotatable bonds is 8. The van der Waals surface area contributed by atoms with E-state index in [-0.39, 0.29) is 41.1 Å². The Balaban J connectivity index is 1.18. The van der Waals surface area contributed by atoms with Gasteiger partial charge < -0.3 is 29.0 Å². The summed E-state index contributed by atoms with van der Waals surface area (Å²) < 4.78 is 60.1. The van der Waals surface area contributed by atoms with E-state index >= 15 is 4.39 Å². The van der Waals surface area contributed by atoms with Crippen LogP contribution in [0.5, 0.6) is 28.7 Å². The monoisotopic (exact) mass is 658 g/mol. The van der Waals surface area contributed by atoms with Gasteiger partial charge in [0.2, 0.25) is 5.75 Å². The average molecular weight is 659 g/mol. The smallest absolute Gasteiger partial charge is 0.335 e. The van der Waals surface area contributed by atoms with Crippen LogP contribution in [0, 0.1) is 11.6 Å². The number of carbonyl (C=O) groups is 1. The van der Waals surface area contributed by atoms with Crippen LogP contribution in [0.2, 0.25) is 0 Å². The fourth-order valence-electron chi connectivity index (χ4n) is 5.30. The first-order valence-corrected chi connectivity index (χ1v) is 15.1. The Kier molecular flexibility index (Phi) is 8.01. The Hall–Kier alpha value is -5.76. The zero-order chi connectivity index (χ0) is 33.5. The van der Waals surface area contributed by atoms with Crippen LogP contribution in [0.3, 0.4) is 0 Å². The van der Waals surface area contributed by atoms with Gasteiger partial charge in [0.1, 0.15) is 36.4 Å². The summed E-state index contributed by atoms with van der Waals surface area (Å²) in [5, 5.41) is 2.97. The zero-order valence-corrected chi connectivity index (χ0v) is 25.7. The van der Waals surface area contributed by atoms with Crippen molar-refractivity contribution >= 4 is 22.5 Å². The lowest BCUT2D eigenvalue weighted by atomic mass is 10.1. The van der Waals surface area contributed by atoms with E-state index in [2.05, 4.69) is 10.3 Å². The van der Waals surface area contributed by atoms with E-state index in [1.54, 1.807) is 26.0 Å². The van der Waals surface area contributed by atoms with E-state index in [4.69, 9.17) is 23.7 Å². The van der Waals surface area contributed by atoms with Gasteiger partial charge in [0, 0.05) is 36.3 Å². The number of benzene rings is 3. The Labute approximate surface area is 271 Å². The molecule has 2 aromatic heterocycles. The molecule has 1 saturated heterocycles. The molecule has 0 atom stereocenters. The highest BCUT2D eigenvalue weighted by atomic mass is 19.1. The maximum atomic E-state index is 15.5. The van der Waals surface area contributed by atoms with Crippen LogP contribution in [0.15, 0.2) is 76.6 Å². The number of hydrogen-bond acceptors (Lipinski definition) is 9. The number of nitrogens with zero attached hydrogens (tertiary/aromatic N) is 3. The second-order valence-electron chi connectivity index (χ2n) is 11.4. The molecule has 14 heteroatoms. The summed E-state index contributed by atoms with van der Waals surface area (Å²) >= 11 is 0. The van der Waals surface area contributed by atoms with Crippen LogP contribution in [-0.4, -0.2) is 52.6 Å². The molecule has 7 rings (SSSR count). The van der Waals surface area contributed by atoms with Crippen molar-refractivity contribution in [3.05, 3.63) is 105 Å². The lowest BCUT2D eigenvalue weighted by Crippen LogP contribution is -2.42. The topological polar surface area (TPSA) is 132 Å². The molecule has 12 nitrogen and oxygen atoms in total. The van der Waals surface area contributed by atoms with Gasteiger partial charge in [-0.15, -0.1) is 0 Å². The molecule has 0 radical (unpaired) electrons. The van der Waals surface area contributed by atoms with Crippen LogP contribution in [0.1, 0.15) is 30.2 Å². The highest BCUT2D eigenvalue weighted by molar-refractivity contribution is 6.04. The minimum Gasteiger partial charge on any atom is -0.485 e. The third kappa shape index (κ3) is 5.70. The number of amides is 1. The quantitative estimate of drug-likeness (QED) is 0.245. The summed E-state index contributed by atoms with van der Waals surface area (Å²) in [6.45, 7) is 4.91. The molecule has 246 valence electrons. The van der Waals surface area contributed by atoms with Crippen molar-refractivity contribution in [2.24, 2.45) is 0 Å². The molecular weight excluding hydrogens is 630 g/mol. The number of fused-ring (bicyclic) bond motifs is 3. The van der Waals surface area contributed by atoms with Crippen LogP contribution in [0.4, 0.5) is 14.5 Å². The van der Waals surface area contributed by atoms with Crippen molar-refractivity contribution in [2.45, 2.75) is 26.0 Å². The molecule has 2 aliphatic rings. The molecule has 3 aromatic carbocycles. The van der Waals surface area contributed by atoms with Gasteiger partial charge in [0.15, 0.2) is 23.1 Å². The Morgan fingerprint density at radius 3 is 2.40 bits per heavy atom. The van der Waals surface area contributed by atoms with Gasteiger partial charge in [-0.3, -0.25) is 19.1 Å². The molecule has 1 fully saturated rings. The maximum Gasteiger partial charge on any atom is 0.335 e. The van der Waals surface area contributed by atoms with Gasteiger partial charge >= 0.3 is 5.69 Å². The largest absolute Gasteiger partial charge is 0.485 e. The lowest BCUT2D eigenvalue weighted by Gasteiger charge is -2.29. The summed E-state index contributed by atoms with van der Waals surface area (Å²) in [6, 6.07) is 11.3. The first-order valence-electron chi connectivity index (χ1n) is 15.1. The van der Waals surface area contributed by atoms with Crippen molar-refractivity contribution in [1.82, 2.24) is 14.1 Å². The number of ether oxygens (including phenoxy) is 5. The molecule has 0 bridgehead atoms. The predicted molar refractivity (Wildman–Crippen MR) is 169 cm³/mol. The Morgan fingerprint density at radius 2 is 1.71 bits per heavy atom. The van der Waals surface area contributed by atoms with E-state index < -0.39 is 34.8 Å². The summed E-state index contributed by atoms with van der Waals surface area (Å²) in [7, 11) is 0. The average Bonchev–Trinajstić information content (AvgIpc) is 3.04. The predicted octanol–water partition coefficient (Wildman–Crippen LogP) is 5.00. The number of halogens is 2. The minimum atomic E-state index is -0.921. The molecule has 0 unspecified atom stereocenters. The van der Waals surface area contributed by atoms with E-state index in [9.17, 15) is 18.8 Å². The molecule has 0 saturated carbocycles. The molecular formula is C34H28F2N4O8. The number of carbonyl (C=O) groups excluding carboxylic acids is 1. The van der Waals surface area contributed by atoms with E-state index in [0.29, 0.717) is 48.0 Å². The maximum absolute atomic E-state index is 15.5. The number of hydrogen-bond donors (Lipinski definition) is 1. The second-order valence-corrected chi connectivity index (χ2v) is 11.4. The zero-order valence-electron chi connectivity index (χ0n) is 25.7. The van der Waals surface area contributed by atoms with Crippen molar-refractivity contribution in [2.75, 3.05) is 31.7 Å². The van der Waals surface area contributed by atoms with Crippen LogP contribution in [-0.2, 0) is 4.74 Å². The van der Waals surface area contributed by atoms with Gasteiger partial charge in [-0.2, -0.15) is 0 Å². The fourth-order valence-corrected chi connectivity index (χ4v) is 5.30. The Morgan fingerprint density at radius 1 is 0.958 bits per heavy atom. The number of aromatic nitrogens is 3. The fraction of sp³-hybridized carbons (Fsp3) is 0.235. The summed E-state index contributed by atoms with van der Waals surface area (Å²) in [4.78, 5) is 44.3. The van der Waals surface area contributed by atoms with Crippen LogP contribution in [0.25, 0.3) is 16.6 Å². The first kappa shape index (κ1) is 30.9. The third-order valence-corrected chi connectivity index (χ3v) is 7.75. The Bertz CT molecular complexity index is 2180. The van der Waals surface area contributed by atoms with E-state index in [1.165, 1.54) is 35.0 Å². The van der Waals surface area contributed by atoms with Crippen LogP contribution >= 0.6 is 0 Å². The van der Waals surface area contributed by atoms with Gasteiger partial charge in [-0.05, 0) is 56.3 Å². The molecule has 0 aliphatic carbocycles. The van der Waals surface area contributed by atoms with Gasteiger partial charge in [-0.25, -0.2) is 18.1 Å². The highest BCUT2D eigenvalue weighted by Crippen LogP contribution is 2.49. The van der Waals surface area contributed by atoms with Gasteiger partial charge in [0.25, 0.3) is 11.5 Å². The van der Waals surface area contributed by atoms with E-state index in [0.717, 1.165) is 29.0 Å². The molecule has 1 amide bonds. The van der Waals surface area contributed by atoms with Crippen molar-refractivity contribution in [1.29, 1.82) is 0 Å². The summed E-state index contributed by atoms with van der Waals surface area (Å²) in [5.74, 6) is -0.974. The first-order chi connectivity index (χ1) is 23.2. The van der Waals surface area contributed by atoms with Gasteiger partial charge in [0.05, 0.1) is 29.8 Å². The minimum absolute atomic E-state index is 0.0235. The number of nitrogens with one attached hydrogen (secondary N) is 1. The van der Waals surface area contributed by atoms with Crippen molar-refractivity contribution in [3.63, 3.8) is 0 Å². The number of pyridine rings is 1. The molecule has 0 spiro atoms. The number of anilines is 1. The molecule has 1 N–H and O–H groups in total. The normalized spacial score (nSPS) is 14.1. The molecule has 48 heavy (non-hydrogen) atoms. The van der Waals surface area contributed by atoms with Crippen molar-refractivity contribution in [3.8, 4) is 34.4 Å². The highest BCUT2D eigenvalue weighted by Gasteiger charge is 2.29. The second kappa shape index (κ2) is 12.4. The van der Waals surface area contributed by atoms with Gasteiger partial charge in [-0.1, -0.05) is 0 Å². The standard InChI is InChI=1S/C34H28F2N4O8/c1-18(2)39-15-23(33(42)40(34(39)43)21-6-3-19(35)4-7-21)32(41)38-20-5-8-26(24(36)13-20)48-27-9-10-37-25-14-28(47-22-16-44-17-22)30-31(29(25)27)46-12-11-45-30/h3-10,13-15,18,22H,11-12,16-17H2,1-2H3,(H,38,41). The molecule has 4 heterocycles. The van der Waals surface area contributed by atoms with E-state index in [1.807, 2.05) is 0 Å². The lowest BCUT2D eigenvalue weighted by molar-refractivity contribution is -0.0807. The third-order valence-electron chi connectivity index (χ3n) is 7.75. The molecule has 5 aromatic rings.